The van der Waals surface area contributed by atoms with Gasteiger partial charge in [0, 0.05) is 24.0 Å². The van der Waals surface area contributed by atoms with E-state index in [1.807, 2.05) is 13.1 Å². The summed E-state index contributed by atoms with van der Waals surface area (Å²) in [5.74, 6) is -0.326. The van der Waals surface area contributed by atoms with Crippen LogP contribution in [0.5, 0.6) is 0 Å². The van der Waals surface area contributed by atoms with E-state index in [-0.39, 0.29) is 16.8 Å². The standard InChI is InChI=1S/C14H18N4O3S/c1-11(10-18-8-4-7-16-18)17-14(19)12-5-3-6-13(9-12)22(20,21)15-2/h3-9,11,15H,10H2,1-2H3,(H,17,19)/t11-/m0/s1. The van der Waals surface area contributed by atoms with Gasteiger partial charge in [-0.05, 0) is 38.2 Å². The molecule has 0 aliphatic rings. The summed E-state index contributed by atoms with van der Waals surface area (Å²) < 4.78 is 27.4. The summed E-state index contributed by atoms with van der Waals surface area (Å²) in [5, 5.41) is 6.89. The molecule has 0 radical (unpaired) electrons. The quantitative estimate of drug-likeness (QED) is 0.815. The minimum absolute atomic E-state index is 0.0578. The number of hydrogen-bond donors (Lipinski definition) is 2. The van der Waals surface area contributed by atoms with Crippen LogP contribution in [-0.2, 0) is 16.6 Å². The second-order valence-electron chi connectivity index (χ2n) is 4.84. The third kappa shape index (κ3) is 3.92. The van der Waals surface area contributed by atoms with E-state index in [9.17, 15) is 13.2 Å². The number of carbonyl (C=O) groups is 1. The fourth-order valence-electron chi connectivity index (χ4n) is 1.96. The van der Waals surface area contributed by atoms with E-state index in [0.29, 0.717) is 12.1 Å². The van der Waals surface area contributed by atoms with Gasteiger partial charge in [0.1, 0.15) is 0 Å². The molecule has 0 fully saturated rings. The van der Waals surface area contributed by atoms with Crippen LogP contribution in [0, 0.1) is 0 Å². The fraction of sp³-hybridized carbons (Fsp3) is 0.286. The van der Waals surface area contributed by atoms with Gasteiger partial charge < -0.3 is 5.32 Å². The highest BCUT2D eigenvalue weighted by atomic mass is 32.2. The van der Waals surface area contributed by atoms with Gasteiger partial charge in [0.05, 0.1) is 11.4 Å². The average Bonchev–Trinajstić information content (AvgIpc) is 3.00. The molecule has 1 aromatic carbocycles. The number of amides is 1. The van der Waals surface area contributed by atoms with E-state index in [4.69, 9.17) is 0 Å². The van der Waals surface area contributed by atoms with Crippen molar-refractivity contribution in [2.75, 3.05) is 7.05 Å². The van der Waals surface area contributed by atoms with Crippen molar-refractivity contribution in [1.82, 2.24) is 19.8 Å². The first kappa shape index (κ1) is 16.2. The van der Waals surface area contributed by atoms with Crippen LogP contribution in [0.1, 0.15) is 17.3 Å². The van der Waals surface area contributed by atoms with Crippen molar-refractivity contribution < 1.29 is 13.2 Å². The number of nitrogens with zero attached hydrogens (tertiary/aromatic N) is 2. The molecule has 0 saturated heterocycles. The van der Waals surface area contributed by atoms with Crippen LogP contribution >= 0.6 is 0 Å². The van der Waals surface area contributed by atoms with E-state index in [0.717, 1.165) is 0 Å². The minimum Gasteiger partial charge on any atom is -0.348 e. The molecule has 1 atom stereocenters. The SMILES string of the molecule is CNS(=O)(=O)c1cccc(C(=O)N[C@@H](C)Cn2cccn2)c1. The van der Waals surface area contributed by atoms with Gasteiger partial charge >= 0.3 is 0 Å². The Balaban J connectivity index is 2.08. The Kier molecular flexibility index (Phi) is 4.94. The predicted octanol–water partition coefficient (Wildman–Crippen LogP) is 0.610. The highest BCUT2D eigenvalue weighted by Gasteiger charge is 2.15. The van der Waals surface area contributed by atoms with E-state index in [2.05, 4.69) is 15.1 Å². The maximum absolute atomic E-state index is 12.2. The van der Waals surface area contributed by atoms with Crippen molar-refractivity contribution >= 4 is 15.9 Å². The van der Waals surface area contributed by atoms with Crippen LogP contribution in [0.3, 0.4) is 0 Å². The molecule has 0 aliphatic carbocycles. The highest BCUT2D eigenvalue weighted by Crippen LogP contribution is 2.11. The van der Waals surface area contributed by atoms with Crippen molar-refractivity contribution in [1.29, 1.82) is 0 Å². The number of carbonyl (C=O) groups excluding carboxylic acids is 1. The first-order valence-electron chi connectivity index (χ1n) is 6.74. The van der Waals surface area contributed by atoms with Crippen LogP contribution in [0.2, 0.25) is 0 Å². The molecule has 8 heteroatoms. The number of nitrogens with one attached hydrogen (secondary N) is 2. The van der Waals surface area contributed by atoms with Crippen LogP contribution in [0.4, 0.5) is 0 Å². The van der Waals surface area contributed by atoms with E-state index in [1.165, 1.54) is 25.2 Å². The monoisotopic (exact) mass is 322 g/mol. The van der Waals surface area contributed by atoms with Crippen molar-refractivity contribution in [3.05, 3.63) is 48.3 Å². The Morgan fingerprint density at radius 3 is 2.77 bits per heavy atom. The van der Waals surface area contributed by atoms with Gasteiger partial charge in [-0.15, -0.1) is 0 Å². The van der Waals surface area contributed by atoms with Crippen LogP contribution in [0.25, 0.3) is 0 Å². The van der Waals surface area contributed by atoms with Gasteiger partial charge in [0.2, 0.25) is 10.0 Å². The summed E-state index contributed by atoms with van der Waals surface area (Å²) in [4.78, 5) is 12.3. The van der Waals surface area contributed by atoms with E-state index < -0.39 is 10.0 Å². The number of benzene rings is 1. The third-order valence-electron chi connectivity index (χ3n) is 3.07. The van der Waals surface area contributed by atoms with Crippen LogP contribution in [-0.4, -0.2) is 37.2 Å². The largest absolute Gasteiger partial charge is 0.348 e. The molecule has 1 aromatic heterocycles. The zero-order valence-electron chi connectivity index (χ0n) is 12.4. The molecule has 0 saturated carbocycles. The molecule has 2 aromatic rings. The molecule has 0 aliphatic heterocycles. The molecular formula is C14H18N4O3S. The molecule has 22 heavy (non-hydrogen) atoms. The molecule has 7 nitrogen and oxygen atoms in total. The second kappa shape index (κ2) is 6.71. The Morgan fingerprint density at radius 2 is 2.14 bits per heavy atom. The lowest BCUT2D eigenvalue weighted by Crippen LogP contribution is -2.35. The Bertz CT molecular complexity index is 741. The van der Waals surface area contributed by atoms with Gasteiger partial charge in [-0.2, -0.15) is 5.10 Å². The topological polar surface area (TPSA) is 93.1 Å². The zero-order valence-corrected chi connectivity index (χ0v) is 13.2. The molecule has 2 N–H and O–H groups in total. The van der Waals surface area contributed by atoms with Gasteiger partial charge in [-0.3, -0.25) is 9.48 Å². The van der Waals surface area contributed by atoms with Gasteiger partial charge in [0.25, 0.3) is 5.91 Å². The molecule has 1 heterocycles. The maximum Gasteiger partial charge on any atom is 0.251 e. The van der Waals surface area contributed by atoms with Crippen molar-refractivity contribution in [3.63, 3.8) is 0 Å². The van der Waals surface area contributed by atoms with Crippen molar-refractivity contribution in [2.24, 2.45) is 0 Å². The number of hydrogen-bond acceptors (Lipinski definition) is 4. The minimum atomic E-state index is -3.57. The molecule has 2 rings (SSSR count). The summed E-state index contributed by atoms with van der Waals surface area (Å²) in [6, 6.07) is 7.57. The molecule has 1 amide bonds. The molecule has 0 bridgehead atoms. The van der Waals surface area contributed by atoms with E-state index >= 15 is 0 Å². The summed E-state index contributed by atoms with van der Waals surface area (Å²) in [5.41, 5.74) is 0.295. The van der Waals surface area contributed by atoms with Crippen molar-refractivity contribution in [3.8, 4) is 0 Å². The normalized spacial score (nSPS) is 12.8. The predicted molar refractivity (Wildman–Crippen MR) is 81.8 cm³/mol. The lowest BCUT2D eigenvalue weighted by molar-refractivity contribution is 0.0936. The zero-order chi connectivity index (χ0) is 16.2. The smallest absolute Gasteiger partial charge is 0.251 e. The number of rotatable bonds is 6. The Hall–Kier alpha value is -2.19. The van der Waals surface area contributed by atoms with Crippen LogP contribution in [0.15, 0.2) is 47.6 Å². The molecule has 0 unspecified atom stereocenters. The van der Waals surface area contributed by atoms with Gasteiger partial charge in [0.15, 0.2) is 0 Å². The van der Waals surface area contributed by atoms with Crippen LogP contribution < -0.4 is 10.0 Å². The number of sulfonamides is 1. The summed E-state index contributed by atoms with van der Waals surface area (Å²) in [6.45, 7) is 2.39. The average molecular weight is 322 g/mol. The van der Waals surface area contributed by atoms with Gasteiger partial charge in [-0.25, -0.2) is 13.1 Å². The summed E-state index contributed by atoms with van der Waals surface area (Å²) in [7, 11) is -2.24. The van der Waals surface area contributed by atoms with Crippen molar-refractivity contribution in [2.45, 2.75) is 24.4 Å². The highest BCUT2D eigenvalue weighted by molar-refractivity contribution is 7.89. The fourth-order valence-corrected chi connectivity index (χ4v) is 2.74. The molecular weight excluding hydrogens is 304 g/mol. The second-order valence-corrected chi connectivity index (χ2v) is 6.72. The third-order valence-corrected chi connectivity index (χ3v) is 4.48. The van der Waals surface area contributed by atoms with Gasteiger partial charge in [-0.1, -0.05) is 6.07 Å². The first-order valence-corrected chi connectivity index (χ1v) is 8.22. The summed E-state index contributed by atoms with van der Waals surface area (Å²) >= 11 is 0. The molecule has 118 valence electrons. The Labute approximate surface area is 129 Å². The summed E-state index contributed by atoms with van der Waals surface area (Å²) in [6.07, 6.45) is 3.48. The Morgan fingerprint density at radius 1 is 1.36 bits per heavy atom. The molecule has 0 spiro atoms. The lowest BCUT2D eigenvalue weighted by Gasteiger charge is -2.14. The maximum atomic E-state index is 12.2. The lowest BCUT2D eigenvalue weighted by atomic mass is 10.2. The van der Waals surface area contributed by atoms with E-state index in [1.54, 1.807) is 23.0 Å². The first-order chi connectivity index (χ1) is 10.4. The number of aromatic nitrogens is 2.